The van der Waals surface area contributed by atoms with Crippen LogP contribution in [0.25, 0.3) is 0 Å². The Morgan fingerprint density at radius 3 is 2.56 bits per heavy atom. The molecule has 0 aromatic carbocycles. The monoisotopic (exact) mass is 457 g/mol. The lowest BCUT2D eigenvalue weighted by Crippen LogP contribution is -2.36. The maximum Gasteiger partial charge on any atom is 0.218 e. The average molecular weight is 457 g/mol. The molecule has 2 rings (SSSR count). The Kier molecular flexibility index (Phi) is 10.5. The van der Waals surface area contributed by atoms with Crippen LogP contribution in [0.4, 0.5) is 0 Å². The van der Waals surface area contributed by atoms with Crippen molar-refractivity contribution in [1.29, 1.82) is 0 Å². The molecule has 2 aromatic rings. The standard InChI is InChI=1S/C17H23N5O2.HI/c1-18-17(22-13-15-7-3-4-8-19-15)21-12-14-6-5-9-20-16(14)24-11-10-23-2;/h3-9H,10-13H2,1-2H3,(H2,18,21,22);1H. The van der Waals surface area contributed by atoms with Gasteiger partial charge in [-0.1, -0.05) is 12.1 Å². The van der Waals surface area contributed by atoms with E-state index < -0.39 is 0 Å². The van der Waals surface area contributed by atoms with E-state index in [1.54, 1.807) is 26.6 Å². The van der Waals surface area contributed by atoms with Gasteiger partial charge in [0.2, 0.25) is 5.88 Å². The van der Waals surface area contributed by atoms with Gasteiger partial charge in [0.1, 0.15) is 6.61 Å². The first-order chi connectivity index (χ1) is 11.8. The summed E-state index contributed by atoms with van der Waals surface area (Å²) < 4.78 is 10.6. The Labute approximate surface area is 165 Å². The Bertz CT molecular complexity index is 640. The van der Waals surface area contributed by atoms with Crippen molar-refractivity contribution in [2.45, 2.75) is 13.1 Å². The summed E-state index contributed by atoms with van der Waals surface area (Å²) in [7, 11) is 3.37. The minimum atomic E-state index is 0. The highest BCUT2D eigenvalue weighted by Crippen LogP contribution is 2.13. The maximum atomic E-state index is 5.63. The van der Waals surface area contributed by atoms with Gasteiger partial charge in [-0.3, -0.25) is 9.98 Å². The molecule has 25 heavy (non-hydrogen) atoms. The Hall–Kier alpha value is -1.94. The lowest BCUT2D eigenvalue weighted by molar-refractivity contribution is 0.143. The van der Waals surface area contributed by atoms with Gasteiger partial charge in [0, 0.05) is 38.7 Å². The highest BCUT2D eigenvalue weighted by atomic mass is 127. The maximum absolute atomic E-state index is 5.63. The molecule has 8 heteroatoms. The third kappa shape index (κ3) is 7.65. The van der Waals surface area contributed by atoms with Gasteiger partial charge in [0.25, 0.3) is 0 Å². The number of pyridine rings is 2. The second-order valence-corrected chi connectivity index (χ2v) is 4.91. The molecule has 0 fully saturated rings. The van der Waals surface area contributed by atoms with Crippen LogP contribution < -0.4 is 15.4 Å². The molecule has 0 spiro atoms. The number of guanidine groups is 1. The zero-order chi connectivity index (χ0) is 17.0. The van der Waals surface area contributed by atoms with Gasteiger partial charge in [0.15, 0.2) is 5.96 Å². The van der Waals surface area contributed by atoms with Gasteiger partial charge in [0.05, 0.1) is 18.8 Å². The van der Waals surface area contributed by atoms with Crippen molar-refractivity contribution in [2.24, 2.45) is 4.99 Å². The number of hydrogen-bond donors (Lipinski definition) is 2. The summed E-state index contributed by atoms with van der Waals surface area (Å²) in [5.74, 6) is 1.29. The molecular weight excluding hydrogens is 433 g/mol. The van der Waals surface area contributed by atoms with Crippen LogP contribution >= 0.6 is 24.0 Å². The summed E-state index contributed by atoms with van der Waals surface area (Å²) >= 11 is 0. The van der Waals surface area contributed by atoms with Crippen LogP contribution in [0.1, 0.15) is 11.3 Å². The fourth-order valence-corrected chi connectivity index (χ4v) is 1.99. The van der Waals surface area contributed by atoms with Crippen molar-refractivity contribution in [1.82, 2.24) is 20.6 Å². The summed E-state index contributed by atoms with van der Waals surface area (Å²) in [6, 6.07) is 9.66. The highest BCUT2D eigenvalue weighted by Gasteiger charge is 2.06. The molecule has 0 aliphatic heterocycles. The third-order valence-electron chi connectivity index (χ3n) is 3.21. The van der Waals surface area contributed by atoms with Gasteiger partial charge >= 0.3 is 0 Å². The largest absolute Gasteiger partial charge is 0.475 e. The highest BCUT2D eigenvalue weighted by molar-refractivity contribution is 14.0. The van der Waals surface area contributed by atoms with E-state index in [-0.39, 0.29) is 24.0 Å². The number of aromatic nitrogens is 2. The zero-order valence-electron chi connectivity index (χ0n) is 14.4. The van der Waals surface area contributed by atoms with Crippen molar-refractivity contribution < 1.29 is 9.47 Å². The number of ether oxygens (including phenoxy) is 2. The van der Waals surface area contributed by atoms with E-state index in [0.717, 1.165) is 11.3 Å². The topological polar surface area (TPSA) is 80.7 Å². The molecule has 0 radical (unpaired) electrons. The second-order valence-electron chi connectivity index (χ2n) is 4.91. The lowest BCUT2D eigenvalue weighted by atomic mass is 10.2. The number of aliphatic imine (C=N–C) groups is 1. The van der Waals surface area contributed by atoms with Crippen LogP contribution in [0.15, 0.2) is 47.7 Å². The van der Waals surface area contributed by atoms with Crippen molar-refractivity contribution in [2.75, 3.05) is 27.4 Å². The minimum absolute atomic E-state index is 0. The summed E-state index contributed by atoms with van der Waals surface area (Å²) in [5.41, 5.74) is 1.90. The molecule has 0 bridgehead atoms. The van der Waals surface area contributed by atoms with Crippen LogP contribution in [0.3, 0.4) is 0 Å². The first-order valence-corrected chi connectivity index (χ1v) is 7.73. The Morgan fingerprint density at radius 2 is 1.84 bits per heavy atom. The summed E-state index contributed by atoms with van der Waals surface area (Å²) in [5, 5.41) is 6.47. The van der Waals surface area contributed by atoms with Crippen molar-refractivity contribution in [3.05, 3.63) is 54.0 Å². The molecule has 0 aliphatic carbocycles. The second kappa shape index (κ2) is 12.4. The zero-order valence-corrected chi connectivity index (χ0v) is 16.8. The van der Waals surface area contributed by atoms with Crippen molar-refractivity contribution in [3.63, 3.8) is 0 Å². The Balaban J connectivity index is 0.00000312. The minimum Gasteiger partial charge on any atom is -0.475 e. The molecule has 2 heterocycles. The Morgan fingerprint density at radius 1 is 1.04 bits per heavy atom. The van der Waals surface area contributed by atoms with Gasteiger partial charge < -0.3 is 20.1 Å². The predicted molar refractivity (Wildman–Crippen MR) is 108 cm³/mol. The SMILES string of the molecule is CN=C(NCc1ccccn1)NCc1cccnc1OCCOC.I. The number of nitrogens with zero attached hydrogens (tertiary/aromatic N) is 3. The van der Waals surface area contributed by atoms with E-state index in [9.17, 15) is 0 Å². The fourth-order valence-electron chi connectivity index (χ4n) is 1.99. The van der Waals surface area contributed by atoms with Crippen LogP contribution in [0.2, 0.25) is 0 Å². The molecule has 0 atom stereocenters. The molecule has 2 aromatic heterocycles. The summed E-state index contributed by atoms with van der Waals surface area (Å²) in [6.07, 6.45) is 3.48. The van der Waals surface area contributed by atoms with Crippen LogP contribution in [0.5, 0.6) is 5.88 Å². The van der Waals surface area contributed by atoms with E-state index in [1.807, 2.05) is 30.3 Å². The number of rotatable bonds is 8. The predicted octanol–water partition coefficient (Wildman–Crippen LogP) is 1.98. The van der Waals surface area contributed by atoms with Crippen LogP contribution in [-0.2, 0) is 17.8 Å². The van der Waals surface area contributed by atoms with Gasteiger partial charge in [-0.15, -0.1) is 24.0 Å². The molecule has 0 saturated heterocycles. The molecule has 0 unspecified atom stereocenters. The fraction of sp³-hybridized carbons (Fsp3) is 0.353. The molecule has 0 aliphatic rings. The van der Waals surface area contributed by atoms with E-state index in [0.29, 0.717) is 38.1 Å². The molecule has 2 N–H and O–H groups in total. The van der Waals surface area contributed by atoms with Crippen molar-refractivity contribution >= 4 is 29.9 Å². The van der Waals surface area contributed by atoms with E-state index in [4.69, 9.17) is 9.47 Å². The quantitative estimate of drug-likeness (QED) is 0.273. The summed E-state index contributed by atoms with van der Waals surface area (Å²) in [6.45, 7) is 2.15. The lowest BCUT2D eigenvalue weighted by Gasteiger charge is -2.14. The number of methoxy groups -OCH3 is 1. The van der Waals surface area contributed by atoms with Gasteiger partial charge in [-0.25, -0.2) is 4.98 Å². The van der Waals surface area contributed by atoms with Crippen LogP contribution in [-0.4, -0.2) is 43.3 Å². The van der Waals surface area contributed by atoms with E-state index in [1.165, 1.54) is 0 Å². The smallest absolute Gasteiger partial charge is 0.218 e. The molecule has 136 valence electrons. The van der Waals surface area contributed by atoms with Crippen LogP contribution in [0, 0.1) is 0 Å². The average Bonchev–Trinajstić information content (AvgIpc) is 2.64. The van der Waals surface area contributed by atoms with E-state index in [2.05, 4.69) is 25.6 Å². The molecule has 7 nitrogen and oxygen atoms in total. The molecule has 0 saturated carbocycles. The number of hydrogen-bond acceptors (Lipinski definition) is 5. The molecule has 0 amide bonds. The molecular formula is C17H24IN5O2. The number of nitrogens with one attached hydrogen (secondary N) is 2. The first kappa shape index (κ1) is 21.1. The normalized spacial score (nSPS) is 10.7. The first-order valence-electron chi connectivity index (χ1n) is 7.73. The van der Waals surface area contributed by atoms with Gasteiger partial charge in [-0.2, -0.15) is 0 Å². The van der Waals surface area contributed by atoms with Crippen molar-refractivity contribution in [3.8, 4) is 5.88 Å². The summed E-state index contributed by atoms with van der Waals surface area (Å²) in [4.78, 5) is 12.7. The third-order valence-corrected chi connectivity index (χ3v) is 3.21. The van der Waals surface area contributed by atoms with E-state index >= 15 is 0 Å². The van der Waals surface area contributed by atoms with Gasteiger partial charge in [-0.05, 0) is 18.2 Å². The number of halogens is 1.